The van der Waals surface area contributed by atoms with E-state index in [9.17, 15) is 4.79 Å². The summed E-state index contributed by atoms with van der Waals surface area (Å²) in [5.41, 5.74) is 2.26. The summed E-state index contributed by atoms with van der Waals surface area (Å²) < 4.78 is 0. The number of carbonyl (C=O) groups is 1. The second-order valence-corrected chi connectivity index (χ2v) is 6.65. The monoisotopic (exact) mass is 315 g/mol. The number of aryl methyl sites for hydroxylation is 1. The highest BCUT2D eigenvalue weighted by Crippen LogP contribution is 2.26. The Kier molecular flexibility index (Phi) is 4.73. The maximum absolute atomic E-state index is 12.1. The molecule has 22 heavy (non-hydrogen) atoms. The summed E-state index contributed by atoms with van der Waals surface area (Å²) in [6, 6.07) is 8.49. The number of aromatic nitrogens is 1. The van der Waals surface area contributed by atoms with Crippen LogP contribution in [0.15, 0.2) is 35.8 Å². The lowest BCUT2D eigenvalue weighted by Crippen LogP contribution is -2.40. The third-order valence-corrected chi connectivity index (χ3v) is 4.83. The van der Waals surface area contributed by atoms with Crippen LogP contribution in [-0.4, -0.2) is 30.0 Å². The van der Waals surface area contributed by atoms with E-state index in [4.69, 9.17) is 0 Å². The van der Waals surface area contributed by atoms with Gasteiger partial charge >= 0.3 is 0 Å². The average molecular weight is 315 g/mol. The van der Waals surface area contributed by atoms with Crippen LogP contribution in [0.25, 0.3) is 0 Å². The van der Waals surface area contributed by atoms with Crippen molar-refractivity contribution >= 4 is 22.4 Å². The first-order valence-corrected chi connectivity index (χ1v) is 8.59. The minimum absolute atomic E-state index is 0.0941. The van der Waals surface area contributed by atoms with Crippen molar-refractivity contribution < 1.29 is 4.79 Å². The Labute approximate surface area is 135 Å². The summed E-state index contributed by atoms with van der Waals surface area (Å²) in [6.45, 7) is 3.78. The van der Waals surface area contributed by atoms with Crippen LogP contribution in [0, 0.1) is 6.92 Å². The molecule has 0 bridgehead atoms. The number of hydrogen-bond donors (Lipinski definition) is 1. The number of rotatable bonds is 5. The van der Waals surface area contributed by atoms with Gasteiger partial charge < -0.3 is 10.2 Å². The Bertz CT molecular complexity index is 627. The summed E-state index contributed by atoms with van der Waals surface area (Å²) in [6.07, 6.45) is 4.57. The summed E-state index contributed by atoms with van der Waals surface area (Å²) in [5.74, 6) is 0.0941. The minimum Gasteiger partial charge on any atom is -0.354 e. The van der Waals surface area contributed by atoms with Crippen molar-refractivity contribution in [2.45, 2.75) is 32.2 Å². The quantitative estimate of drug-likeness (QED) is 0.923. The molecule has 0 saturated carbocycles. The van der Waals surface area contributed by atoms with Crippen molar-refractivity contribution in [2.75, 3.05) is 18.0 Å². The number of benzene rings is 1. The van der Waals surface area contributed by atoms with E-state index in [1.54, 1.807) is 11.3 Å². The SMILES string of the molecule is Cc1cccc(CC(=O)NC[C@H]2CCCN2c2nccs2)c1. The van der Waals surface area contributed by atoms with E-state index in [1.165, 1.54) is 5.56 Å². The molecule has 3 rings (SSSR count). The largest absolute Gasteiger partial charge is 0.354 e. The van der Waals surface area contributed by atoms with E-state index < -0.39 is 0 Å². The van der Waals surface area contributed by atoms with E-state index >= 15 is 0 Å². The van der Waals surface area contributed by atoms with Gasteiger partial charge in [-0.15, -0.1) is 11.3 Å². The molecule has 0 aliphatic carbocycles. The molecule has 4 nitrogen and oxygen atoms in total. The van der Waals surface area contributed by atoms with Gasteiger partial charge in [-0.25, -0.2) is 4.98 Å². The van der Waals surface area contributed by atoms with Gasteiger partial charge in [0.05, 0.1) is 6.42 Å². The summed E-state index contributed by atoms with van der Waals surface area (Å²) in [7, 11) is 0. The van der Waals surface area contributed by atoms with Crippen LogP contribution in [0.3, 0.4) is 0 Å². The minimum atomic E-state index is 0.0941. The molecular formula is C17H21N3OS. The fourth-order valence-electron chi connectivity index (χ4n) is 2.96. The molecule has 0 spiro atoms. The van der Waals surface area contributed by atoms with Crippen molar-refractivity contribution in [3.05, 3.63) is 47.0 Å². The van der Waals surface area contributed by atoms with Gasteiger partial charge in [0.15, 0.2) is 5.13 Å². The standard InChI is InChI=1S/C17H21N3OS/c1-13-4-2-5-14(10-13)11-16(21)19-12-15-6-3-8-20(15)17-18-7-9-22-17/h2,4-5,7,9-10,15H,3,6,8,11-12H2,1H3,(H,19,21)/t15-/m1/s1. The van der Waals surface area contributed by atoms with E-state index in [-0.39, 0.29) is 5.91 Å². The Balaban J connectivity index is 1.52. The molecule has 1 aromatic carbocycles. The molecule has 5 heteroatoms. The van der Waals surface area contributed by atoms with E-state index in [2.05, 4.69) is 21.3 Å². The molecule has 1 N–H and O–H groups in total. The zero-order chi connectivity index (χ0) is 15.4. The third-order valence-electron chi connectivity index (χ3n) is 4.02. The lowest BCUT2D eigenvalue weighted by atomic mass is 10.1. The predicted octanol–water partition coefficient (Wildman–Crippen LogP) is 2.78. The fourth-order valence-corrected chi connectivity index (χ4v) is 3.70. The van der Waals surface area contributed by atoms with E-state index in [1.807, 2.05) is 36.7 Å². The molecule has 1 aliphatic rings. The lowest BCUT2D eigenvalue weighted by Gasteiger charge is -2.24. The van der Waals surface area contributed by atoms with Crippen molar-refractivity contribution in [3.63, 3.8) is 0 Å². The molecule has 1 atom stereocenters. The van der Waals surface area contributed by atoms with Gasteiger partial charge in [-0.3, -0.25) is 4.79 Å². The second kappa shape index (κ2) is 6.92. The van der Waals surface area contributed by atoms with Crippen LogP contribution >= 0.6 is 11.3 Å². The van der Waals surface area contributed by atoms with Gasteiger partial charge in [0.25, 0.3) is 0 Å². The molecule has 1 saturated heterocycles. The molecule has 1 aliphatic heterocycles. The molecule has 1 aromatic heterocycles. The van der Waals surface area contributed by atoms with Crippen LogP contribution in [0.1, 0.15) is 24.0 Å². The molecular weight excluding hydrogens is 294 g/mol. The zero-order valence-electron chi connectivity index (χ0n) is 12.8. The lowest BCUT2D eigenvalue weighted by molar-refractivity contribution is -0.120. The zero-order valence-corrected chi connectivity index (χ0v) is 13.6. The highest BCUT2D eigenvalue weighted by atomic mass is 32.1. The molecule has 1 amide bonds. The molecule has 0 radical (unpaired) electrons. The summed E-state index contributed by atoms with van der Waals surface area (Å²) in [4.78, 5) is 18.8. The van der Waals surface area contributed by atoms with Crippen LogP contribution in [0.4, 0.5) is 5.13 Å². The van der Waals surface area contributed by atoms with Gasteiger partial charge in [-0.1, -0.05) is 29.8 Å². The highest BCUT2D eigenvalue weighted by molar-refractivity contribution is 7.13. The van der Waals surface area contributed by atoms with Crippen LogP contribution < -0.4 is 10.2 Å². The Morgan fingerprint density at radius 3 is 3.18 bits per heavy atom. The topological polar surface area (TPSA) is 45.2 Å². The number of anilines is 1. The van der Waals surface area contributed by atoms with Crippen LogP contribution in [-0.2, 0) is 11.2 Å². The maximum atomic E-state index is 12.1. The van der Waals surface area contributed by atoms with Gasteiger partial charge in [-0.05, 0) is 25.3 Å². The smallest absolute Gasteiger partial charge is 0.224 e. The molecule has 2 heterocycles. The second-order valence-electron chi connectivity index (χ2n) is 5.77. The Hall–Kier alpha value is -1.88. The van der Waals surface area contributed by atoms with Crippen molar-refractivity contribution in [1.82, 2.24) is 10.3 Å². The number of hydrogen-bond acceptors (Lipinski definition) is 4. The molecule has 2 aromatic rings. The summed E-state index contributed by atoms with van der Waals surface area (Å²) in [5, 5.41) is 6.15. The first-order valence-electron chi connectivity index (χ1n) is 7.71. The highest BCUT2D eigenvalue weighted by Gasteiger charge is 2.26. The third kappa shape index (κ3) is 3.65. The predicted molar refractivity (Wildman–Crippen MR) is 90.4 cm³/mol. The number of nitrogens with zero attached hydrogens (tertiary/aromatic N) is 2. The molecule has 116 valence electrons. The van der Waals surface area contributed by atoms with E-state index in [0.29, 0.717) is 19.0 Å². The molecule has 1 fully saturated rings. The first-order chi connectivity index (χ1) is 10.7. The van der Waals surface area contributed by atoms with Crippen molar-refractivity contribution in [2.24, 2.45) is 0 Å². The maximum Gasteiger partial charge on any atom is 0.224 e. The van der Waals surface area contributed by atoms with Gasteiger partial charge in [0, 0.05) is 30.7 Å². The number of thiazole rings is 1. The average Bonchev–Trinajstić information content (AvgIpc) is 3.16. The first kappa shape index (κ1) is 15.0. The van der Waals surface area contributed by atoms with Crippen molar-refractivity contribution in [1.29, 1.82) is 0 Å². The van der Waals surface area contributed by atoms with E-state index in [0.717, 1.165) is 30.1 Å². The van der Waals surface area contributed by atoms with Gasteiger partial charge in [-0.2, -0.15) is 0 Å². The summed E-state index contributed by atoms with van der Waals surface area (Å²) >= 11 is 1.66. The number of amides is 1. The van der Waals surface area contributed by atoms with Crippen LogP contribution in [0.5, 0.6) is 0 Å². The number of nitrogens with one attached hydrogen (secondary N) is 1. The Morgan fingerprint density at radius 2 is 2.41 bits per heavy atom. The Morgan fingerprint density at radius 1 is 1.50 bits per heavy atom. The van der Waals surface area contributed by atoms with Gasteiger partial charge in [0.2, 0.25) is 5.91 Å². The number of carbonyl (C=O) groups excluding carboxylic acids is 1. The van der Waals surface area contributed by atoms with Crippen molar-refractivity contribution in [3.8, 4) is 0 Å². The van der Waals surface area contributed by atoms with Gasteiger partial charge in [0.1, 0.15) is 0 Å². The molecule has 0 unspecified atom stereocenters. The fraction of sp³-hybridized carbons (Fsp3) is 0.412. The normalized spacial score (nSPS) is 17.7. The van der Waals surface area contributed by atoms with Crippen LogP contribution in [0.2, 0.25) is 0 Å².